The molecule has 0 saturated heterocycles. The molecule has 0 unspecified atom stereocenters. The third-order valence-corrected chi connectivity index (χ3v) is 7.32. The van der Waals surface area contributed by atoms with E-state index in [0.717, 1.165) is 0 Å². The summed E-state index contributed by atoms with van der Waals surface area (Å²) in [6.45, 7) is 6.97. The number of hydrogen-bond donors (Lipinski definition) is 0. The van der Waals surface area contributed by atoms with Crippen molar-refractivity contribution in [3.8, 4) is 0 Å². The third-order valence-electron chi connectivity index (χ3n) is 3.65. The Morgan fingerprint density at radius 2 is 0.812 bits per heavy atom. The van der Waals surface area contributed by atoms with Gasteiger partial charge >= 0.3 is 0 Å². The van der Waals surface area contributed by atoms with Crippen LogP contribution in [0.1, 0.15) is 78.6 Å². The van der Waals surface area contributed by atoms with E-state index in [1.165, 1.54) is 57.8 Å². The monoisotopic (exact) mass is 242 g/mol. The van der Waals surface area contributed by atoms with Crippen molar-refractivity contribution in [2.45, 2.75) is 96.7 Å². The van der Waals surface area contributed by atoms with Gasteiger partial charge in [-0.1, -0.05) is 96.7 Å². The highest BCUT2D eigenvalue weighted by atomic mass is 28.3. The minimum Gasteiger partial charge on any atom is -0.0654 e. The van der Waals surface area contributed by atoms with Gasteiger partial charge in [-0.05, 0) is 0 Å². The normalized spacial score (nSPS) is 11.2. The van der Waals surface area contributed by atoms with Gasteiger partial charge in [0.2, 0.25) is 0 Å². The molecular formula is C15H34Si. The van der Waals surface area contributed by atoms with Crippen molar-refractivity contribution in [2.75, 3.05) is 0 Å². The van der Waals surface area contributed by atoms with Crippen molar-refractivity contribution in [3.63, 3.8) is 0 Å². The molecule has 98 valence electrons. The van der Waals surface area contributed by atoms with Crippen LogP contribution in [0.15, 0.2) is 0 Å². The van der Waals surface area contributed by atoms with Crippen LogP contribution in [0.25, 0.3) is 0 Å². The smallest absolute Gasteiger partial charge is 0.0367 e. The summed E-state index contributed by atoms with van der Waals surface area (Å²) < 4.78 is 0. The summed E-state index contributed by atoms with van der Waals surface area (Å²) in [5, 5.41) is 0. The molecule has 1 heteroatoms. The summed E-state index contributed by atoms with van der Waals surface area (Å²) in [7, 11) is -0.329. The fourth-order valence-corrected chi connectivity index (χ4v) is 5.95. The quantitative estimate of drug-likeness (QED) is 0.300. The zero-order valence-electron chi connectivity index (χ0n) is 12.1. The highest BCUT2D eigenvalue weighted by Gasteiger charge is 2.09. The predicted molar refractivity (Wildman–Crippen MR) is 80.1 cm³/mol. The molecular weight excluding hydrogens is 208 g/mol. The molecule has 0 radical (unpaired) electrons. The first-order chi connectivity index (χ1) is 7.85. The maximum absolute atomic E-state index is 2.32. The van der Waals surface area contributed by atoms with Crippen LogP contribution >= 0.6 is 0 Å². The maximum Gasteiger partial charge on any atom is 0.0367 e. The first-order valence-corrected chi connectivity index (χ1v) is 10.3. The van der Waals surface area contributed by atoms with E-state index in [1.54, 1.807) is 18.1 Å². The van der Waals surface area contributed by atoms with Gasteiger partial charge in [-0.2, -0.15) is 0 Å². The molecule has 0 rings (SSSR count). The van der Waals surface area contributed by atoms with Crippen LogP contribution in [0, 0.1) is 0 Å². The van der Waals surface area contributed by atoms with E-state index in [2.05, 4.69) is 20.8 Å². The van der Waals surface area contributed by atoms with Crippen LogP contribution in [0.3, 0.4) is 0 Å². The van der Waals surface area contributed by atoms with Crippen molar-refractivity contribution < 1.29 is 0 Å². The lowest BCUT2D eigenvalue weighted by atomic mass is 10.3. The Kier molecular flexibility index (Phi) is 13.5. The van der Waals surface area contributed by atoms with E-state index < -0.39 is 0 Å². The summed E-state index contributed by atoms with van der Waals surface area (Å²) in [6, 6.07) is 4.92. The van der Waals surface area contributed by atoms with Gasteiger partial charge in [-0.15, -0.1) is 0 Å². The maximum atomic E-state index is 2.32. The second-order valence-electron chi connectivity index (χ2n) is 5.35. The first kappa shape index (κ1) is 16.2. The highest BCUT2D eigenvalue weighted by molar-refractivity contribution is 6.58. The van der Waals surface area contributed by atoms with E-state index in [-0.39, 0.29) is 8.80 Å². The molecule has 0 aromatic carbocycles. The Hall–Kier alpha value is 0.217. The van der Waals surface area contributed by atoms with Crippen LogP contribution in [0.2, 0.25) is 18.1 Å². The Morgan fingerprint density at radius 1 is 0.500 bits per heavy atom. The average Bonchev–Trinajstić information content (AvgIpc) is 2.29. The standard InChI is InChI=1S/C15H34Si/c1-4-7-10-13-16(14-11-8-5-2)15-12-9-6-3/h16H,4-15H2,1-3H3. The summed E-state index contributed by atoms with van der Waals surface area (Å²) in [5.74, 6) is 0. The SMILES string of the molecule is CCCCC[SiH](CCCCC)CCCCC. The molecule has 0 atom stereocenters. The van der Waals surface area contributed by atoms with E-state index in [0.29, 0.717) is 0 Å². The molecule has 0 aliphatic heterocycles. The lowest BCUT2D eigenvalue weighted by molar-refractivity contribution is 0.726. The Labute approximate surface area is 106 Å². The van der Waals surface area contributed by atoms with Crippen LogP contribution in [-0.4, -0.2) is 8.80 Å². The second-order valence-corrected chi connectivity index (χ2v) is 8.82. The molecule has 0 aromatic rings. The molecule has 0 nitrogen and oxygen atoms in total. The summed E-state index contributed by atoms with van der Waals surface area (Å²) in [6.07, 6.45) is 13.2. The van der Waals surface area contributed by atoms with Crippen LogP contribution in [-0.2, 0) is 0 Å². The molecule has 0 saturated carbocycles. The van der Waals surface area contributed by atoms with Gasteiger partial charge < -0.3 is 0 Å². The highest BCUT2D eigenvalue weighted by Crippen LogP contribution is 2.18. The van der Waals surface area contributed by atoms with Crippen LogP contribution < -0.4 is 0 Å². The van der Waals surface area contributed by atoms with Gasteiger partial charge in [0.25, 0.3) is 0 Å². The topological polar surface area (TPSA) is 0 Å². The van der Waals surface area contributed by atoms with Crippen molar-refractivity contribution in [1.29, 1.82) is 0 Å². The summed E-state index contributed by atoms with van der Waals surface area (Å²) in [5.41, 5.74) is 0. The fraction of sp³-hybridized carbons (Fsp3) is 1.00. The van der Waals surface area contributed by atoms with Gasteiger partial charge in [-0.25, -0.2) is 0 Å². The molecule has 0 aliphatic carbocycles. The fourth-order valence-electron chi connectivity index (χ4n) is 2.48. The summed E-state index contributed by atoms with van der Waals surface area (Å²) in [4.78, 5) is 0. The van der Waals surface area contributed by atoms with E-state index >= 15 is 0 Å². The molecule has 0 N–H and O–H groups in total. The lowest BCUT2D eigenvalue weighted by Crippen LogP contribution is -2.11. The van der Waals surface area contributed by atoms with E-state index in [4.69, 9.17) is 0 Å². The van der Waals surface area contributed by atoms with Gasteiger partial charge in [-0.3, -0.25) is 0 Å². The van der Waals surface area contributed by atoms with Crippen LogP contribution in [0.5, 0.6) is 0 Å². The average molecular weight is 243 g/mol. The van der Waals surface area contributed by atoms with E-state index in [9.17, 15) is 0 Å². The first-order valence-electron chi connectivity index (χ1n) is 7.85. The zero-order valence-corrected chi connectivity index (χ0v) is 13.2. The minimum absolute atomic E-state index is 0.329. The van der Waals surface area contributed by atoms with Gasteiger partial charge in [0.15, 0.2) is 0 Å². The predicted octanol–water partition coefficient (Wildman–Crippen LogP) is 5.78. The lowest BCUT2D eigenvalue weighted by Gasteiger charge is -2.14. The molecule has 0 spiro atoms. The van der Waals surface area contributed by atoms with Crippen molar-refractivity contribution in [1.82, 2.24) is 0 Å². The van der Waals surface area contributed by atoms with Crippen LogP contribution in [0.4, 0.5) is 0 Å². The molecule has 0 aliphatic rings. The van der Waals surface area contributed by atoms with Gasteiger partial charge in [0.1, 0.15) is 0 Å². The zero-order chi connectivity index (χ0) is 12.1. The molecule has 0 aromatic heterocycles. The molecule has 16 heavy (non-hydrogen) atoms. The molecule has 0 amide bonds. The molecule has 0 heterocycles. The third kappa shape index (κ3) is 10.7. The largest absolute Gasteiger partial charge is 0.0654 e. The Morgan fingerprint density at radius 3 is 1.06 bits per heavy atom. The van der Waals surface area contributed by atoms with Crippen molar-refractivity contribution in [2.24, 2.45) is 0 Å². The number of rotatable bonds is 12. The van der Waals surface area contributed by atoms with Gasteiger partial charge in [0, 0.05) is 8.80 Å². The Balaban J connectivity index is 3.58. The molecule has 0 bridgehead atoms. The second kappa shape index (κ2) is 13.3. The van der Waals surface area contributed by atoms with Crippen molar-refractivity contribution >= 4 is 8.80 Å². The molecule has 0 fully saturated rings. The van der Waals surface area contributed by atoms with Gasteiger partial charge in [0.05, 0.1) is 0 Å². The number of unbranched alkanes of at least 4 members (excludes halogenated alkanes) is 6. The van der Waals surface area contributed by atoms with E-state index in [1.807, 2.05) is 0 Å². The van der Waals surface area contributed by atoms with Crippen molar-refractivity contribution in [3.05, 3.63) is 0 Å². The summed E-state index contributed by atoms with van der Waals surface area (Å²) >= 11 is 0. The Bertz CT molecular complexity index is 98.8. The number of hydrogen-bond acceptors (Lipinski definition) is 0. The minimum atomic E-state index is -0.329.